The number of sulfone groups is 1. The lowest BCUT2D eigenvalue weighted by molar-refractivity contribution is -0.144. The molecule has 10 aromatic rings. The number of unbranched alkanes of at least 4 members (excludes halogenated alkanes) is 4. The average molecular weight is 1910 g/mol. The van der Waals surface area contributed by atoms with Crippen LogP contribution in [0.4, 0.5) is 11.9 Å². The van der Waals surface area contributed by atoms with Crippen LogP contribution in [0.1, 0.15) is 176 Å². The topological polar surface area (TPSA) is 502 Å². The van der Waals surface area contributed by atoms with Gasteiger partial charge in [-0.25, -0.2) is 68.2 Å². The van der Waals surface area contributed by atoms with Gasteiger partial charge >= 0.3 is 35.8 Å². The predicted octanol–water partition coefficient (Wildman–Crippen LogP) is 14.5. The highest BCUT2D eigenvalue weighted by atomic mass is 127. The van der Waals surface area contributed by atoms with Crippen LogP contribution in [0.5, 0.6) is 0 Å². The molecular formula is C85H110ClIN18O15S4. The van der Waals surface area contributed by atoms with E-state index in [1.54, 1.807) is 106 Å². The van der Waals surface area contributed by atoms with Gasteiger partial charge in [-0.3, -0.25) is 43.5 Å². The maximum atomic E-state index is 12.4. The van der Waals surface area contributed by atoms with Crippen molar-refractivity contribution in [3.05, 3.63) is 202 Å². The molecule has 2 unspecified atom stereocenters. The average Bonchev–Trinajstić information content (AvgIpc) is 0.832. The second-order valence-corrected chi connectivity index (χ2v) is 31.6. The van der Waals surface area contributed by atoms with Gasteiger partial charge in [-0.15, -0.1) is 6.58 Å². The molecule has 1 amide bonds. The smallest absolute Gasteiger partial charge is 0.307 e. The van der Waals surface area contributed by atoms with E-state index in [4.69, 9.17) is 48.1 Å². The van der Waals surface area contributed by atoms with Gasteiger partial charge in [0.25, 0.3) is 0 Å². The number of nitrogen functional groups attached to an aromatic ring is 2. The van der Waals surface area contributed by atoms with Crippen LogP contribution in [0.3, 0.4) is 0 Å². The number of thioether (sulfide) groups is 3. The number of carbonyl (C=O) groups excluding carboxylic acids is 5. The number of para-hydroxylation sites is 2. The molecular weight excluding hydrogens is 1800 g/mol. The first-order valence-corrected chi connectivity index (χ1v) is 46.6. The SMILES string of the molecule is C=CCCC(=O)OCC.CCOC(=O)CC(N)c1cnc2ccccc2c1.CCOC(=O)CCCCc1ccnc(S(C)(=O)=O)n1.CCOC(=O)CCCCc1ccnc(SC)n1.CSc1nccc(Cl)n1.CSc1nccc(I)n1.Nc1nccc(CCCCC(=O)NC(CC(=O)O)c2cnc3ccccc3c2)n1.Nc1nccc(CCCCC(=O)O)n1. The summed E-state index contributed by atoms with van der Waals surface area (Å²) in [5.41, 5.74) is 23.6. The highest BCUT2D eigenvalue weighted by Gasteiger charge is 2.20. The molecule has 124 heavy (non-hydrogen) atoms. The van der Waals surface area contributed by atoms with Crippen LogP contribution in [0.25, 0.3) is 21.8 Å². The van der Waals surface area contributed by atoms with Crippen molar-refractivity contribution in [3.8, 4) is 0 Å². The Balaban J connectivity index is 0.000000378. The molecule has 0 saturated heterocycles. The molecule has 0 aliphatic rings. The molecule has 2 aromatic carbocycles. The lowest BCUT2D eigenvalue weighted by atomic mass is 10.0. The highest BCUT2D eigenvalue weighted by Crippen LogP contribution is 2.24. The van der Waals surface area contributed by atoms with Crippen molar-refractivity contribution in [1.29, 1.82) is 0 Å². The van der Waals surface area contributed by atoms with E-state index in [9.17, 15) is 47.1 Å². The number of pyridine rings is 2. The van der Waals surface area contributed by atoms with Crippen LogP contribution in [0, 0.1) is 3.70 Å². The predicted molar refractivity (Wildman–Crippen MR) is 489 cm³/mol. The number of allylic oxidation sites excluding steroid dienone is 1. The van der Waals surface area contributed by atoms with Gasteiger partial charge in [-0.2, -0.15) is 0 Å². The fraction of sp³-hybridized carbons (Fsp3) is 0.400. The number of carbonyl (C=O) groups is 7. The van der Waals surface area contributed by atoms with Crippen LogP contribution >= 0.6 is 69.5 Å². The number of halogens is 2. The third kappa shape index (κ3) is 49.6. The largest absolute Gasteiger partial charge is 0.481 e. The molecule has 0 saturated carbocycles. The number of nitrogens with one attached hydrogen (secondary N) is 1. The van der Waals surface area contributed by atoms with Gasteiger partial charge in [-0.05, 0) is 224 Å². The summed E-state index contributed by atoms with van der Waals surface area (Å²) in [5, 5.41) is 25.1. The number of amides is 1. The van der Waals surface area contributed by atoms with Crippen molar-refractivity contribution in [2.45, 2.75) is 189 Å². The second-order valence-electron chi connectivity index (χ2n) is 25.9. The number of aromatic nitrogens is 14. The lowest BCUT2D eigenvalue weighted by Crippen LogP contribution is -2.30. The number of carboxylic acids is 2. The standard InChI is InChI=1S/C21H23N5O3.C14H16N2O2.C12H18N2O4S.C12H18N2O2S.C9H13N3O2.C7H12O2.C5H5ClN2S.C5H5IN2S/c22-21-23-10-9-16(25-21)6-2-4-8-19(27)26-18(12-20(28)29)15-11-14-5-1-3-7-17(14)24-13-15;1-2-18-14(17)8-12(15)11-7-10-5-3-4-6-13(10)16-9-11;1-3-18-11(15)7-5-4-6-10-8-9-13-12(14-10)19(2,16)17;1-3-16-11(15)7-5-4-6-10-8-9-13-12(14-10)17-2;10-9-11-6-5-7(12-9)3-1-2-4-8(13)14;1-3-5-6-7(8)9-4-2;2*1-9-5-7-3-2-4(6)8-5/h1,3,5,7,9-11,13,18H,2,4,6,8,12H2,(H,26,27)(H,28,29)(H2,22,23,25);3-7,9,12H,2,8,15H2,1H3;8-9H,3-7H2,1-2H3;8-9H,3-7H2,1-2H3;5-6H,1-4H2,(H,13,14)(H2,10,11,12);3H,1,4-6H2,2H3;2*2-3H,1H3. The minimum Gasteiger partial charge on any atom is -0.481 e. The first-order chi connectivity index (χ1) is 59.5. The fourth-order valence-electron chi connectivity index (χ4n) is 10.3. The summed E-state index contributed by atoms with van der Waals surface area (Å²) >= 11 is 12.3. The molecule has 8 aromatic heterocycles. The quantitative estimate of drug-likeness (QED) is 0.00306. The molecule has 10 rings (SSSR count). The Bertz CT molecular complexity index is 4960. The van der Waals surface area contributed by atoms with Gasteiger partial charge in [0.1, 0.15) is 8.85 Å². The molecule has 0 fully saturated rings. The van der Waals surface area contributed by atoms with E-state index < -0.39 is 27.8 Å². The number of hydrogen-bond acceptors (Lipinski definition) is 33. The number of benzene rings is 2. The van der Waals surface area contributed by atoms with Gasteiger partial charge in [0, 0.05) is 128 Å². The summed E-state index contributed by atoms with van der Waals surface area (Å²) in [4.78, 5) is 135. The summed E-state index contributed by atoms with van der Waals surface area (Å²) in [6.45, 7) is 12.3. The number of aliphatic carboxylic acids is 2. The third-order valence-corrected chi connectivity index (χ3v) is 19.5. The van der Waals surface area contributed by atoms with Gasteiger partial charge in [0.15, 0.2) is 15.5 Å². The lowest BCUT2D eigenvalue weighted by Gasteiger charge is -2.17. The second kappa shape index (κ2) is 64.2. The summed E-state index contributed by atoms with van der Waals surface area (Å²) in [6.07, 6.45) is 33.4. The van der Waals surface area contributed by atoms with Crippen LogP contribution in [0.2, 0.25) is 5.15 Å². The van der Waals surface area contributed by atoms with E-state index in [-0.39, 0.29) is 72.1 Å². The van der Waals surface area contributed by atoms with Crippen molar-refractivity contribution >= 4 is 155 Å². The maximum absolute atomic E-state index is 12.4. The zero-order chi connectivity index (χ0) is 91.3. The summed E-state index contributed by atoms with van der Waals surface area (Å²) in [5.74, 6) is -2.16. The first-order valence-electron chi connectivity index (χ1n) is 39.5. The van der Waals surface area contributed by atoms with E-state index in [0.29, 0.717) is 112 Å². The van der Waals surface area contributed by atoms with Crippen LogP contribution in [0.15, 0.2) is 180 Å². The molecule has 9 N–H and O–H groups in total. The molecule has 0 aliphatic carbocycles. The van der Waals surface area contributed by atoms with Gasteiger partial charge < -0.3 is 51.7 Å². The van der Waals surface area contributed by atoms with E-state index in [1.807, 2.05) is 98.5 Å². The Labute approximate surface area is 755 Å². The molecule has 0 radical (unpaired) electrons. The summed E-state index contributed by atoms with van der Waals surface area (Å²) in [7, 11) is -3.37. The van der Waals surface area contributed by atoms with Gasteiger partial charge in [-0.1, -0.05) is 89.4 Å². The number of aryl methyl sites for hydroxylation is 4. The van der Waals surface area contributed by atoms with Crippen molar-refractivity contribution < 1.29 is 71.1 Å². The number of hydrogen-bond donors (Lipinski definition) is 6. The molecule has 0 aliphatic heterocycles. The van der Waals surface area contributed by atoms with E-state index >= 15 is 0 Å². The number of rotatable bonds is 38. The number of nitrogens with zero attached hydrogens (tertiary/aromatic N) is 14. The van der Waals surface area contributed by atoms with Crippen molar-refractivity contribution in [2.75, 3.05) is 62.9 Å². The minimum atomic E-state index is -3.37. The molecule has 0 bridgehead atoms. The Morgan fingerprint density at radius 3 is 1.35 bits per heavy atom. The van der Waals surface area contributed by atoms with E-state index in [0.717, 1.165) is 110 Å². The Morgan fingerprint density at radius 1 is 0.492 bits per heavy atom. The number of ether oxygens (including phenoxy) is 4. The first kappa shape index (κ1) is 108. The molecule has 0 spiro atoms. The number of fused-ring (bicyclic) bond motifs is 2. The number of anilines is 2. The monoisotopic (exact) mass is 1910 g/mol. The third-order valence-electron chi connectivity index (χ3n) is 16.1. The highest BCUT2D eigenvalue weighted by molar-refractivity contribution is 14.1. The normalized spacial score (nSPS) is 10.8. The van der Waals surface area contributed by atoms with E-state index in [2.05, 4.69) is 109 Å². The Morgan fingerprint density at radius 2 is 0.903 bits per heavy atom. The Hall–Kier alpha value is -10.7. The molecule has 8 heterocycles. The zero-order valence-electron chi connectivity index (χ0n) is 70.8. The molecule has 39 heteroatoms. The van der Waals surface area contributed by atoms with E-state index in [1.165, 1.54) is 29.7 Å². The van der Waals surface area contributed by atoms with Gasteiger partial charge in [0.2, 0.25) is 32.8 Å². The number of nitrogens with two attached hydrogens (primary N) is 3. The summed E-state index contributed by atoms with van der Waals surface area (Å²) < 4.78 is 42.8. The molecule has 2 atom stereocenters. The van der Waals surface area contributed by atoms with Gasteiger partial charge in [0.05, 0.1) is 56.3 Å². The van der Waals surface area contributed by atoms with Crippen LogP contribution < -0.4 is 22.5 Å². The van der Waals surface area contributed by atoms with Crippen molar-refractivity contribution in [1.82, 2.24) is 75.1 Å². The zero-order valence-corrected chi connectivity index (χ0v) is 77.0. The Kier molecular flexibility index (Phi) is 55.6. The van der Waals surface area contributed by atoms with Crippen molar-refractivity contribution in [3.63, 3.8) is 0 Å². The fourth-order valence-corrected chi connectivity index (χ4v) is 12.6. The number of esters is 4. The summed E-state index contributed by atoms with van der Waals surface area (Å²) in [6, 6.07) is 28.9. The molecule has 33 nitrogen and oxygen atoms in total. The maximum Gasteiger partial charge on any atom is 0.307 e. The molecule has 668 valence electrons. The van der Waals surface area contributed by atoms with Crippen molar-refractivity contribution in [2.24, 2.45) is 5.73 Å². The van der Waals surface area contributed by atoms with Crippen LogP contribution in [-0.4, -0.2) is 182 Å². The number of carboxylic acid groups (broad SMARTS) is 2. The van der Waals surface area contributed by atoms with Crippen LogP contribution in [-0.2, 0) is 88.0 Å². The minimum absolute atomic E-state index is 0.111.